The van der Waals surface area contributed by atoms with Gasteiger partial charge in [0, 0.05) is 16.8 Å². The Morgan fingerprint density at radius 3 is 2.00 bits per heavy atom. The number of hydrogen-bond acceptors (Lipinski definition) is 1. The summed E-state index contributed by atoms with van der Waals surface area (Å²) >= 11 is 0. The first-order chi connectivity index (χ1) is 6.27. The van der Waals surface area contributed by atoms with Gasteiger partial charge in [-0.15, -0.1) is 0 Å². The zero-order valence-electron chi connectivity index (χ0n) is 9.22. The van der Waals surface area contributed by atoms with Crippen molar-refractivity contribution in [3.8, 4) is 0 Å². The maximum atomic E-state index is 12.1. The van der Waals surface area contributed by atoms with Crippen LogP contribution in [0.1, 0.15) is 34.1 Å². The predicted molar refractivity (Wildman–Crippen MR) is 51.7 cm³/mol. The first-order valence-electron chi connectivity index (χ1n) is 4.61. The number of nitrogens with zero attached hydrogens (tertiary/aromatic N) is 2. The smallest absolute Gasteiger partial charge is 0.390 e. The molecular formula is C9H16CoF3N2-. The summed E-state index contributed by atoms with van der Waals surface area (Å²) < 4.78 is 36.4. The SMILES string of the molecule is CCC(=NC(C)C)[N-]C(C)C(F)(F)F.[Co]. The maximum Gasteiger partial charge on any atom is 0.390 e. The number of halogens is 3. The molecule has 0 saturated carbocycles. The summed E-state index contributed by atoms with van der Waals surface area (Å²) in [6.07, 6.45) is -3.84. The monoisotopic (exact) mass is 268 g/mol. The van der Waals surface area contributed by atoms with Crippen LogP contribution in [0.2, 0.25) is 0 Å². The van der Waals surface area contributed by atoms with E-state index in [0.29, 0.717) is 6.42 Å². The molecule has 0 aromatic rings. The summed E-state index contributed by atoms with van der Waals surface area (Å²) in [5, 5.41) is 3.53. The van der Waals surface area contributed by atoms with Crippen LogP contribution in [-0.2, 0) is 16.8 Å². The second-order valence-corrected chi connectivity index (χ2v) is 3.34. The molecule has 1 unspecified atom stereocenters. The van der Waals surface area contributed by atoms with E-state index >= 15 is 0 Å². The van der Waals surface area contributed by atoms with Crippen LogP contribution in [0.3, 0.4) is 0 Å². The van der Waals surface area contributed by atoms with E-state index in [1.807, 2.05) is 13.8 Å². The van der Waals surface area contributed by atoms with Crippen LogP contribution in [0.15, 0.2) is 4.99 Å². The maximum absolute atomic E-state index is 12.1. The fourth-order valence-corrected chi connectivity index (χ4v) is 0.811. The zero-order valence-corrected chi connectivity index (χ0v) is 10.3. The molecule has 15 heavy (non-hydrogen) atoms. The van der Waals surface area contributed by atoms with Gasteiger partial charge in [-0.1, -0.05) is 33.5 Å². The minimum atomic E-state index is -4.27. The number of aliphatic imine (C=N–C) groups is 1. The van der Waals surface area contributed by atoms with Crippen LogP contribution >= 0.6 is 0 Å². The topological polar surface area (TPSA) is 26.5 Å². The Morgan fingerprint density at radius 2 is 1.73 bits per heavy atom. The Labute approximate surface area is 98.9 Å². The normalized spacial score (nSPS) is 14.8. The first kappa shape index (κ1) is 17.2. The van der Waals surface area contributed by atoms with E-state index in [0.717, 1.165) is 6.92 Å². The van der Waals surface area contributed by atoms with Crippen molar-refractivity contribution in [1.29, 1.82) is 0 Å². The summed E-state index contributed by atoms with van der Waals surface area (Å²) in [4.78, 5) is 4.00. The molecule has 0 N–H and O–H groups in total. The average molecular weight is 268 g/mol. The van der Waals surface area contributed by atoms with E-state index in [-0.39, 0.29) is 28.7 Å². The molecule has 0 saturated heterocycles. The van der Waals surface area contributed by atoms with Crippen LogP contribution in [0.5, 0.6) is 0 Å². The molecule has 0 fully saturated rings. The summed E-state index contributed by atoms with van der Waals surface area (Å²) in [5.74, 6) is 0.282. The molecule has 0 amide bonds. The fourth-order valence-electron chi connectivity index (χ4n) is 0.811. The molecule has 2 nitrogen and oxygen atoms in total. The van der Waals surface area contributed by atoms with E-state index in [2.05, 4.69) is 10.3 Å². The molecule has 0 aliphatic rings. The summed E-state index contributed by atoms with van der Waals surface area (Å²) in [6.45, 7) is 6.40. The molecule has 0 aliphatic heterocycles. The predicted octanol–water partition coefficient (Wildman–Crippen LogP) is 3.53. The Morgan fingerprint density at radius 1 is 1.27 bits per heavy atom. The fraction of sp³-hybridized carbons (Fsp3) is 0.889. The van der Waals surface area contributed by atoms with Crippen LogP contribution < -0.4 is 0 Å². The van der Waals surface area contributed by atoms with Crippen LogP contribution in [0, 0.1) is 0 Å². The molecular weight excluding hydrogens is 252 g/mol. The summed E-state index contributed by atoms with van der Waals surface area (Å²) in [5.41, 5.74) is 0. The van der Waals surface area contributed by atoms with Crippen molar-refractivity contribution in [3.63, 3.8) is 0 Å². The van der Waals surface area contributed by atoms with Gasteiger partial charge in [-0.25, -0.2) is 0 Å². The molecule has 0 rings (SSSR count). The van der Waals surface area contributed by atoms with Crippen molar-refractivity contribution >= 4 is 5.84 Å². The molecule has 0 bridgehead atoms. The average Bonchev–Trinajstić information content (AvgIpc) is 2.00. The third-order valence-electron chi connectivity index (χ3n) is 1.54. The minimum absolute atomic E-state index is 0. The molecule has 1 radical (unpaired) electrons. The molecule has 0 aromatic carbocycles. The largest absolute Gasteiger partial charge is 0.466 e. The van der Waals surface area contributed by atoms with E-state index < -0.39 is 12.2 Å². The molecule has 0 heterocycles. The van der Waals surface area contributed by atoms with Crippen LogP contribution in [0.25, 0.3) is 5.32 Å². The second-order valence-electron chi connectivity index (χ2n) is 3.34. The van der Waals surface area contributed by atoms with Crippen molar-refractivity contribution in [2.24, 2.45) is 4.99 Å². The van der Waals surface area contributed by atoms with Crippen molar-refractivity contribution in [1.82, 2.24) is 0 Å². The van der Waals surface area contributed by atoms with Gasteiger partial charge in [0.05, 0.1) is 6.04 Å². The van der Waals surface area contributed by atoms with Gasteiger partial charge in [0.1, 0.15) is 0 Å². The van der Waals surface area contributed by atoms with Crippen LogP contribution in [-0.4, -0.2) is 24.1 Å². The summed E-state index contributed by atoms with van der Waals surface area (Å²) in [7, 11) is 0. The van der Waals surface area contributed by atoms with Gasteiger partial charge in [0.25, 0.3) is 0 Å². The third kappa shape index (κ3) is 7.67. The number of alkyl halides is 3. The second kappa shape index (κ2) is 7.11. The van der Waals surface area contributed by atoms with Crippen LogP contribution in [0.4, 0.5) is 13.2 Å². The molecule has 1 atom stereocenters. The van der Waals surface area contributed by atoms with Crippen molar-refractivity contribution in [2.75, 3.05) is 0 Å². The van der Waals surface area contributed by atoms with E-state index in [1.165, 1.54) is 0 Å². The quantitative estimate of drug-likeness (QED) is 0.553. The van der Waals surface area contributed by atoms with Gasteiger partial charge in [-0.3, -0.25) is 0 Å². The van der Waals surface area contributed by atoms with Gasteiger partial charge < -0.3 is 10.3 Å². The van der Waals surface area contributed by atoms with Crippen molar-refractivity contribution in [3.05, 3.63) is 5.32 Å². The first-order valence-corrected chi connectivity index (χ1v) is 4.61. The molecule has 93 valence electrons. The summed E-state index contributed by atoms with van der Waals surface area (Å²) in [6, 6.07) is -1.69. The Hall–Kier alpha value is -0.234. The molecule has 0 aromatic heterocycles. The van der Waals surface area contributed by atoms with Gasteiger partial charge in [0.15, 0.2) is 0 Å². The Kier molecular flexibility index (Phi) is 8.14. The van der Waals surface area contributed by atoms with Crippen molar-refractivity contribution < 1.29 is 30.0 Å². The standard InChI is InChI=1S/C9H16F3N2.Co/c1-5-8(13-6(2)3)14-7(4)9(10,11)12;/h6-7H,5H2,1-4H3;/q-1;. The van der Waals surface area contributed by atoms with Gasteiger partial charge in [-0.2, -0.15) is 13.2 Å². The van der Waals surface area contributed by atoms with Gasteiger partial charge in [-0.05, 0) is 12.5 Å². The third-order valence-corrected chi connectivity index (χ3v) is 1.54. The number of amidine groups is 1. The Bertz CT molecular complexity index is 202. The minimum Gasteiger partial charge on any atom is -0.466 e. The van der Waals surface area contributed by atoms with E-state index in [9.17, 15) is 13.2 Å². The molecule has 0 aliphatic carbocycles. The van der Waals surface area contributed by atoms with E-state index in [4.69, 9.17) is 0 Å². The molecule has 0 spiro atoms. The Balaban J connectivity index is 0. The zero-order chi connectivity index (χ0) is 11.4. The molecule has 6 heteroatoms. The van der Waals surface area contributed by atoms with Crippen molar-refractivity contribution in [2.45, 2.75) is 52.4 Å². The van der Waals surface area contributed by atoms with Gasteiger partial charge in [0.2, 0.25) is 0 Å². The van der Waals surface area contributed by atoms with Gasteiger partial charge >= 0.3 is 6.18 Å². The van der Waals surface area contributed by atoms with E-state index in [1.54, 1.807) is 6.92 Å². The number of rotatable bonds is 3. The number of hydrogen-bond donors (Lipinski definition) is 0.